The summed E-state index contributed by atoms with van der Waals surface area (Å²) < 4.78 is 7.42. The Morgan fingerprint density at radius 2 is 1.88 bits per heavy atom. The highest BCUT2D eigenvalue weighted by Gasteiger charge is 2.22. The van der Waals surface area contributed by atoms with Crippen LogP contribution in [0.15, 0.2) is 65.6 Å². The molecule has 5 nitrogen and oxygen atoms in total. The highest BCUT2D eigenvalue weighted by atomic mass is 16.5. The summed E-state index contributed by atoms with van der Waals surface area (Å²) in [6, 6.07) is 17.8. The van der Waals surface area contributed by atoms with E-state index in [1.165, 1.54) is 10.2 Å². The Hall–Kier alpha value is -2.50. The van der Waals surface area contributed by atoms with Gasteiger partial charge in [-0.05, 0) is 11.6 Å². The highest BCUT2D eigenvalue weighted by molar-refractivity contribution is 5.80. The Labute approximate surface area is 140 Å². The normalized spacial score (nSPS) is 18.8. The number of benzene rings is 2. The number of nitrogens with zero attached hydrogens (tertiary/aromatic N) is 3. The lowest BCUT2D eigenvalue weighted by atomic mass is 10.1. The second-order valence-electron chi connectivity index (χ2n) is 6.03. The van der Waals surface area contributed by atoms with Gasteiger partial charge in [-0.3, -0.25) is 9.69 Å². The van der Waals surface area contributed by atoms with Crippen LogP contribution in [-0.4, -0.2) is 34.4 Å². The van der Waals surface area contributed by atoms with Crippen molar-refractivity contribution in [2.45, 2.75) is 12.8 Å². The van der Waals surface area contributed by atoms with E-state index in [1.807, 2.05) is 42.5 Å². The summed E-state index contributed by atoms with van der Waals surface area (Å²) in [5.74, 6) is 0. The largest absolute Gasteiger partial charge is 0.371 e. The van der Waals surface area contributed by atoms with Gasteiger partial charge in [0.15, 0.2) is 0 Å². The zero-order valence-electron chi connectivity index (χ0n) is 13.3. The van der Waals surface area contributed by atoms with Crippen LogP contribution in [0.1, 0.15) is 11.7 Å². The predicted molar refractivity (Wildman–Crippen MR) is 92.7 cm³/mol. The van der Waals surface area contributed by atoms with Crippen molar-refractivity contribution in [3.8, 4) is 0 Å². The van der Waals surface area contributed by atoms with Gasteiger partial charge >= 0.3 is 0 Å². The molecule has 1 aromatic heterocycles. The van der Waals surface area contributed by atoms with Crippen LogP contribution in [0.25, 0.3) is 10.8 Å². The molecule has 2 aromatic carbocycles. The van der Waals surface area contributed by atoms with Crippen molar-refractivity contribution < 1.29 is 4.74 Å². The minimum absolute atomic E-state index is 0.0381. The monoisotopic (exact) mass is 321 g/mol. The number of hydrogen-bond acceptors (Lipinski definition) is 4. The summed E-state index contributed by atoms with van der Waals surface area (Å²) in [5, 5.41) is 5.91. The first-order valence-electron chi connectivity index (χ1n) is 8.15. The maximum Gasteiger partial charge on any atom is 0.275 e. The Balaban J connectivity index is 1.55. The average molecular weight is 321 g/mol. The Bertz CT molecular complexity index is 892. The molecule has 2 heterocycles. The maximum absolute atomic E-state index is 12.6. The summed E-state index contributed by atoms with van der Waals surface area (Å²) in [4.78, 5) is 14.8. The maximum atomic E-state index is 12.6. The molecule has 0 unspecified atom stereocenters. The fraction of sp³-hybridized carbons (Fsp3) is 0.263. The van der Waals surface area contributed by atoms with E-state index in [1.54, 1.807) is 6.20 Å². The molecular weight excluding hydrogens is 302 g/mol. The molecule has 122 valence electrons. The second-order valence-corrected chi connectivity index (χ2v) is 6.03. The van der Waals surface area contributed by atoms with Crippen molar-refractivity contribution >= 4 is 10.8 Å². The lowest BCUT2D eigenvalue weighted by Crippen LogP contribution is -2.42. The Kier molecular flexibility index (Phi) is 4.11. The molecule has 5 heteroatoms. The molecule has 0 aliphatic carbocycles. The van der Waals surface area contributed by atoms with Crippen molar-refractivity contribution in [1.82, 2.24) is 14.7 Å². The van der Waals surface area contributed by atoms with Crippen LogP contribution >= 0.6 is 0 Å². The number of ether oxygens (including phenoxy) is 1. The highest BCUT2D eigenvalue weighted by Crippen LogP contribution is 2.22. The zero-order chi connectivity index (χ0) is 16.4. The van der Waals surface area contributed by atoms with Gasteiger partial charge in [-0.2, -0.15) is 5.10 Å². The molecule has 1 fully saturated rings. The lowest BCUT2D eigenvalue weighted by Gasteiger charge is -2.33. The minimum atomic E-state index is -0.0455. The van der Waals surface area contributed by atoms with Gasteiger partial charge in [-0.15, -0.1) is 0 Å². The van der Waals surface area contributed by atoms with Crippen LogP contribution in [0.3, 0.4) is 0 Å². The van der Waals surface area contributed by atoms with Gasteiger partial charge in [0, 0.05) is 18.5 Å². The Morgan fingerprint density at radius 1 is 1.08 bits per heavy atom. The van der Waals surface area contributed by atoms with E-state index in [9.17, 15) is 4.79 Å². The van der Waals surface area contributed by atoms with Crippen LogP contribution in [0.2, 0.25) is 0 Å². The second kappa shape index (κ2) is 6.55. The van der Waals surface area contributed by atoms with Crippen LogP contribution < -0.4 is 5.56 Å². The minimum Gasteiger partial charge on any atom is -0.371 e. The van der Waals surface area contributed by atoms with E-state index in [4.69, 9.17) is 4.74 Å². The lowest BCUT2D eigenvalue weighted by molar-refractivity contribution is -0.0421. The summed E-state index contributed by atoms with van der Waals surface area (Å²) in [5.41, 5.74) is 1.12. The molecule has 0 bridgehead atoms. The first-order valence-corrected chi connectivity index (χ1v) is 8.15. The number of aromatic nitrogens is 2. The molecule has 0 spiro atoms. The molecule has 0 saturated carbocycles. The number of morpholine rings is 1. The van der Waals surface area contributed by atoms with Gasteiger partial charge in [0.05, 0.1) is 31.0 Å². The molecule has 1 saturated heterocycles. The fourth-order valence-electron chi connectivity index (χ4n) is 3.12. The third kappa shape index (κ3) is 2.96. The summed E-state index contributed by atoms with van der Waals surface area (Å²) in [6.45, 7) is 2.69. The molecule has 4 rings (SSSR count). The molecule has 1 aliphatic rings. The standard InChI is InChI=1S/C19H19N3O2/c23-19-17-9-5-4-8-16(17)12-20-22(19)14-21-10-11-24-18(13-21)15-6-2-1-3-7-15/h1-9,12,18H,10-11,13-14H2/t18-/m1/s1. The first-order chi connectivity index (χ1) is 11.8. The van der Waals surface area contributed by atoms with Crippen molar-refractivity contribution in [1.29, 1.82) is 0 Å². The van der Waals surface area contributed by atoms with E-state index in [0.29, 0.717) is 18.7 Å². The van der Waals surface area contributed by atoms with Crippen molar-refractivity contribution in [2.75, 3.05) is 19.7 Å². The van der Waals surface area contributed by atoms with Crippen LogP contribution in [0.5, 0.6) is 0 Å². The van der Waals surface area contributed by atoms with Gasteiger partial charge < -0.3 is 4.74 Å². The third-order valence-electron chi connectivity index (χ3n) is 4.42. The molecule has 0 N–H and O–H groups in total. The molecular formula is C19H19N3O2. The van der Waals surface area contributed by atoms with Gasteiger partial charge in [0.2, 0.25) is 0 Å². The molecule has 1 aliphatic heterocycles. The molecule has 1 atom stereocenters. The SMILES string of the molecule is O=c1c2ccccc2cnn1CN1CCO[C@@H](c2ccccc2)C1. The van der Waals surface area contributed by atoms with E-state index in [2.05, 4.69) is 22.1 Å². The molecule has 0 radical (unpaired) electrons. The summed E-state index contributed by atoms with van der Waals surface area (Å²) in [7, 11) is 0. The first kappa shape index (κ1) is 15.1. The van der Waals surface area contributed by atoms with Gasteiger partial charge in [0.1, 0.15) is 0 Å². The third-order valence-corrected chi connectivity index (χ3v) is 4.42. The Morgan fingerprint density at radius 3 is 2.75 bits per heavy atom. The molecule has 3 aromatic rings. The smallest absolute Gasteiger partial charge is 0.275 e. The topological polar surface area (TPSA) is 47.4 Å². The summed E-state index contributed by atoms with van der Waals surface area (Å²) >= 11 is 0. The molecule has 0 amide bonds. The van der Waals surface area contributed by atoms with E-state index < -0.39 is 0 Å². The van der Waals surface area contributed by atoms with Crippen molar-refractivity contribution in [3.05, 3.63) is 76.7 Å². The fourth-order valence-corrected chi connectivity index (χ4v) is 3.12. The van der Waals surface area contributed by atoms with Crippen LogP contribution in [0.4, 0.5) is 0 Å². The van der Waals surface area contributed by atoms with E-state index in [-0.39, 0.29) is 11.7 Å². The van der Waals surface area contributed by atoms with Crippen molar-refractivity contribution in [2.24, 2.45) is 0 Å². The quantitative estimate of drug-likeness (QED) is 0.743. The van der Waals surface area contributed by atoms with Crippen LogP contribution in [-0.2, 0) is 11.4 Å². The predicted octanol–water partition coefficient (Wildman–Crippen LogP) is 2.43. The van der Waals surface area contributed by atoms with Gasteiger partial charge in [-0.1, -0.05) is 48.5 Å². The number of hydrogen-bond donors (Lipinski definition) is 0. The number of rotatable bonds is 3. The average Bonchev–Trinajstić information content (AvgIpc) is 2.65. The summed E-state index contributed by atoms with van der Waals surface area (Å²) in [6.07, 6.45) is 1.79. The van der Waals surface area contributed by atoms with Gasteiger partial charge in [0.25, 0.3) is 5.56 Å². The van der Waals surface area contributed by atoms with E-state index in [0.717, 1.165) is 18.5 Å². The van der Waals surface area contributed by atoms with Crippen LogP contribution in [0, 0.1) is 0 Å². The van der Waals surface area contributed by atoms with E-state index >= 15 is 0 Å². The van der Waals surface area contributed by atoms with Crippen molar-refractivity contribution in [3.63, 3.8) is 0 Å². The van der Waals surface area contributed by atoms with Gasteiger partial charge in [-0.25, -0.2) is 4.68 Å². The molecule has 24 heavy (non-hydrogen) atoms. The number of fused-ring (bicyclic) bond motifs is 1. The zero-order valence-corrected chi connectivity index (χ0v) is 13.3.